The smallest absolute Gasteiger partial charge is 0.227 e. The summed E-state index contributed by atoms with van der Waals surface area (Å²) in [5, 5.41) is 4.10. The Morgan fingerprint density at radius 2 is 1.93 bits per heavy atom. The lowest BCUT2D eigenvalue weighted by Gasteiger charge is -2.24. The molecule has 5 nitrogen and oxygen atoms in total. The Kier molecular flexibility index (Phi) is 5.49. The number of nitrogens with zero attached hydrogens (tertiary/aromatic N) is 3. The maximum atomic E-state index is 5.43. The molecule has 0 bridgehead atoms. The minimum absolute atomic E-state index is 0.499. The van der Waals surface area contributed by atoms with Crippen LogP contribution in [0.1, 0.15) is 36.8 Å². The Labute approximate surface area is 160 Å². The van der Waals surface area contributed by atoms with Crippen LogP contribution in [0.3, 0.4) is 0 Å². The first-order valence-corrected chi connectivity index (χ1v) is 9.59. The fourth-order valence-corrected chi connectivity index (χ4v) is 3.79. The molecule has 1 fully saturated rings. The summed E-state index contributed by atoms with van der Waals surface area (Å²) in [6.07, 6.45) is 4.29. The van der Waals surface area contributed by atoms with Crippen molar-refractivity contribution in [3.05, 3.63) is 66.1 Å². The standard InChI is InChI=1S/C22H25N3O2/c1-26-19-13-11-17(12-14-19)20-9-5-15-25(20)16-6-10-21-23-22(24-27-21)18-7-3-2-4-8-18/h2-4,7-8,11-14,20H,5-6,9-10,15-16H2,1H3. The van der Waals surface area contributed by atoms with Crippen LogP contribution in [0.15, 0.2) is 59.1 Å². The highest BCUT2D eigenvalue weighted by atomic mass is 16.5. The van der Waals surface area contributed by atoms with E-state index in [4.69, 9.17) is 9.26 Å². The Morgan fingerprint density at radius 3 is 2.70 bits per heavy atom. The predicted octanol–water partition coefficient (Wildman–Crippen LogP) is 4.51. The van der Waals surface area contributed by atoms with Gasteiger partial charge in [0, 0.05) is 18.0 Å². The summed E-state index contributed by atoms with van der Waals surface area (Å²) in [6.45, 7) is 2.19. The highest BCUT2D eigenvalue weighted by Gasteiger charge is 2.25. The third-order valence-corrected chi connectivity index (χ3v) is 5.20. The number of hydrogen-bond donors (Lipinski definition) is 0. The molecule has 27 heavy (non-hydrogen) atoms. The minimum Gasteiger partial charge on any atom is -0.497 e. The zero-order chi connectivity index (χ0) is 18.5. The number of ether oxygens (including phenoxy) is 1. The van der Waals surface area contributed by atoms with Crippen LogP contribution in [0.2, 0.25) is 0 Å². The van der Waals surface area contributed by atoms with Crippen molar-refractivity contribution in [2.45, 2.75) is 31.7 Å². The number of rotatable bonds is 7. The van der Waals surface area contributed by atoms with Crippen LogP contribution in [0.5, 0.6) is 5.75 Å². The van der Waals surface area contributed by atoms with E-state index in [0.717, 1.165) is 37.2 Å². The topological polar surface area (TPSA) is 51.4 Å². The number of methoxy groups -OCH3 is 1. The summed E-state index contributed by atoms with van der Waals surface area (Å²) in [5.74, 6) is 2.30. The van der Waals surface area contributed by atoms with E-state index in [2.05, 4.69) is 39.3 Å². The van der Waals surface area contributed by atoms with Crippen LogP contribution in [0, 0.1) is 0 Å². The second-order valence-electron chi connectivity index (χ2n) is 6.95. The third kappa shape index (κ3) is 4.19. The highest BCUT2D eigenvalue weighted by Crippen LogP contribution is 2.32. The monoisotopic (exact) mass is 363 g/mol. The summed E-state index contributed by atoms with van der Waals surface area (Å²) >= 11 is 0. The molecule has 4 rings (SSSR count). The molecule has 0 radical (unpaired) electrons. The van der Waals surface area contributed by atoms with Crippen LogP contribution < -0.4 is 4.74 Å². The van der Waals surface area contributed by atoms with Gasteiger partial charge in [0.2, 0.25) is 11.7 Å². The van der Waals surface area contributed by atoms with Gasteiger partial charge in [-0.05, 0) is 50.0 Å². The number of aryl methyl sites for hydroxylation is 1. The number of likely N-dealkylation sites (tertiary alicyclic amines) is 1. The molecule has 1 atom stereocenters. The van der Waals surface area contributed by atoms with Gasteiger partial charge in [0.05, 0.1) is 7.11 Å². The first-order valence-electron chi connectivity index (χ1n) is 9.59. The van der Waals surface area contributed by atoms with Crippen molar-refractivity contribution in [2.75, 3.05) is 20.2 Å². The largest absolute Gasteiger partial charge is 0.497 e. The molecule has 1 aliphatic rings. The molecule has 0 saturated carbocycles. The van der Waals surface area contributed by atoms with Gasteiger partial charge in [0.25, 0.3) is 0 Å². The van der Waals surface area contributed by atoms with E-state index in [0.29, 0.717) is 17.8 Å². The van der Waals surface area contributed by atoms with Gasteiger partial charge in [0.1, 0.15) is 5.75 Å². The Balaban J connectivity index is 1.32. The summed E-state index contributed by atoms with van der Waals surface area (Å²) in [5.41, 5.74) is 2.36. The maximum absolute atomic E-state index is 5.43. The van der Waals surface area contributed by atoms with Crippen molar-refractivity contribution in [3.8, 4) is 17.1 Å². The molecular weight excluding hydrogens is 338 g/mol. The zero-order valence-corrected chi connectivity index (χ0v) is 15.7. The van der Waals surface area contributed by atoms with Crippen LogP contribution in [0.4, 0.5) is 0 Å². The zero-order valence-electron chi connectivity index (χ0n) is 15.7. The van der Waals surface area contributed by atoms with Crippen molar-refractivity contribution in [2.24, 2.45) is 0 Å². The Morgan fingerprint density at radius 1 is 1.11 bits per heavy atom. The third-order valence-electron chi connectivity index (χ3n) is 5.20. The molecular formula is C22H25N3O2. The molecule has 0 amide bonds. The number of aromatic nitrogens is 2. The summed E-state index contributed by atoms with van der Waals surface area (Å²) in [4.78, 5) is 7.10. The summed E-state index contributed by atoms with van der Waals surface area (Å²) in [6, 6.07) is 18.9. The average molecular weight is 363 g/mol. The molecule has 1 aliphatic heterocycles. The van der Waals surface area contributed by atoms with Crippen molar-refractivity contribution < 1.29 is 9.26 Å². The van der Waals surface area contributed by atoms with Gasteiger partial charge in [-0.15, -0.1) is 0 Å². The maximum Gasteiger partial charge on any atom is 0.227 e. The molecule has 140 valence electrons. The minimum atomic E-state index is 0.499. The molecule has 2 heterocycles. The average Bonchev–Trinajstić information content (AvgIpc) is 3.39. The van der Waals surface area contributed by atoms with Crippen LogP contribution in [0.25, 0.3) is 11.4 Å². The van der Waals surface area contributed by atoms with Gasteiger partial charge >= 0.3 is 0 Å². The molecule has 2 aromatic carbocycles. The van der Waals surface area contributed by atoms with Gasteiger partial charge in [-0.2, -0.15) is 4.98 Å². The van der Waals surface area contributed by atoms with E-state index in [1.165, 1.54) is 18.4 Å². The summed E-state index contributed by atoms with van der Waals surface area (Å²) < 4.78 is 10.7. The number of benzene rings is 2. The molecule has 3 aromatic rings. The second kappa shape index (κ2) is 8.35. The Hall–Kier alpha value is -2.66. The van der Waals surface area contributed by atoms with E-state index in [9.17, 15) is 0 Å². The van der Waals surface area contributed by atoms with Crippen molar-refractivity contribution in [3.63, 3.8) is 0 Å². The lowest BCUT2D eigenvalue weighted by Crippen LogP contribution is -2.24. The van der Waals surface area contributed by atoms with Gasteiger partial charge in [0.15, 0.2) is 0 Å². The van der Waals surface area contributed by atoms with E-state index < -0.39 is 0 Å². The SMILES string of the molecule is COc1ccc(C2CCCN2CCCc2nc(-c3ccccc3)no2)cc1. The van der Waals surface area contributed by atoms with Gasteiger partial charge in [-0.3, -0.25) is 4.90 Å². The van der Waals surface area contributed by atoms with Crippen LogP contribution in [-0.2, 0) is 6.42 Å². The molecule has 0 aliphatic carbocycles. The number of hydrogen-bond acceptors (Lipinski definition) is 5. The van der Waals surface area contributed by atoms with Crippen molar-refractivity contribution in [1.29, 1.82) is 0 Å². The van der Waals surface area contributed by atoms with Gasteiger partial charge < -0.3 is 9.26 Å². The van der Waals surface area contributed by atoms with Crippen LogP contribution in [-0.4, -0.2) is 35.2 Å². The normalized spacial score (nSPS) is 17.3. The summed E-state index contributed by atoms with van der Waals surface area (Å²) in [7, 11) is 1.71. The molecule has 0 spiro atoms. The van der Waals surface area contributed by atoms with Gasteiger partial charge in [-0.25, -0.2) is 0 Å². The molecule has 1 saturated heterocycles. The lowest BCUT2D eigenvalue weighted by molar-refractivity contribution is 0.249. The van der Waals surface area contributed by atoms with E-state index in [-0.39, 0.29) is 0 Å². The van der Waals surface area contributed by atoms with E-state index in [1.54, 1.807) is 7.11 Å². The van der Waals surface area contributed by atoms with Gasteiger partial charge in [-0.1, -0.05) is 47.6 Å². The fraction of sp³-hybridized carbons (Fsp3) is 0.364. The van der Waals surface area contributed by atoms with Crippen LogP contribution >= 0.6 is 0 Å². The second-order valence-corrected chi connectivity index (χ2v) is 6.95. The first-order chi connectivity index (χ1) is 13.3. The predicted molar refractivity (Wildman–Crippen MR) is 105 cm³/mol. The van der Waals surface area contributed by atoms with Crippen molar-refractivity contribution in [1.82, 2.24) is 15.0 Å². The van der Waals surface area contributed by atoms with E-state index in [1.807, 2.05) is 30.3 Å². The van der Waals surface area contributed by atoms with Crippen molar-refractivity contribution >= 4 is 0 Å². The molecule has 1 unspecified atom stereocenters. The van der Waals surface area contributed by atoms with E-state index >= 15 is 0 Å². The quantitative estimate of drug-likeness (QED) is 0.618. The fourth-order valence-electron chi connectivity index (χ4n) is 3.79. The molecule has 0 N–H and O–H groups in total. The highest BCUT2D eigenvalue weighted by molar-refractivity contribution is 5.53. The Bertz CT molecular complexity index is 846. The first kappa shape index (κ1) is 17.7. The molecule has 5 heteroatoms. The lowest BCUT2D eigenvalue weighted by atomic mass is 10.0. The molecule has 1 aromatic heterocycles.